The van der Waals surface area contributed by atoms with Crippen LogP contribution in [0.1, 0.15) is 181 Å². The van der Waals surface area contributed by atoms with Gasteiger partial charge in [-0.1, -0.05) is 152 Å². The van der Waals surface area contributed by atoms with Crippen LogP contribution in [0.5, 0.6) is 0 Å². The number of hydrogen-bond donors (Lipinski definition) is 1. The fourth-order valence-corrected chi connectivity index (χ4v) is 5.55. The van der Waals surface area contributed by atoms with Crippen molar-refractivity contribution in [2.75, 3.05) is 20.2 Å². The highest BCUT2D eigenvalue weighted by Gasteiger charge is 2.16. The molecule has 3 heteroatoms. The van der Waals surface area contributed by atoms with Crippen molar-refractivity contribution in [2.24, 2.45) is 5.92 Å². The average molecular weight is 614 g/mol. The molecular weight excluding hydrogens is 538 g/mol. The SMILES string of the molecule is CCCC/C=C/C=C\C/C=C\CCCCCCCC/C=C(\CCCCCCCCCOC(=O)C(CC)CCCC)CCNC. The van der Waals surface area contributed by atoms with Crippen LogP contribution in [0.4, 0.5) is 0 Å². The number of esters is 1. The van der Waals surface area contributed by atoms with Crippen LogP contribution in [0.25, 0.3) is 0 Å². The zero-order chi connectivity index (χ0) is 32.2. The molecule has 1 unspecified atom stereocenters. The van der Waals surface area contributed by atoms with Gasteiger partial charge in [0.1, 0.15) is 0 Å². The number of nitrogens with one attached hydrogen (secondary N) is 1. The van der Waals surface area contributed by atoms with Gasteiger partial charge >= 0.3 is 5.97 Å². The third kappa shape index (κ3) is 30.4. The van der Waals surface area contributed by atoms with Crippen LogP contribution in [-0.4, -0.2) is 26.2 Å². The number of carbonyl (C=O) groups excluding carboxylic acids is 1. The molecule has 0 aromatic rings. The van der Waals surface area contributed by atoms with E-state index in [0.29, 0.717) is 6.61 Å². The van der Waals surface area contributed by atoms with Crippen molar-refractivity contribution >= 4 is 5.97 Å². The molecule has 0 fully saturated rings. The van der Waals surface area contributed by atoms with E-state index in [4.69, 9.17) is 4.74 Å². The fraction of sp³-hybridized carbons (Fsp3) is 0.780. The molecule has 256 valence electrons. The Hall–Kier alpha value is -1.61. The van der Waals surface area contributed by atoms with Gasteiger partial charge in [0.2, 0.25) is 0 Å². The maximum Gasteiger partial charge on any atom is 0.308 e. The topological polar surface area (TPSA) is 38.3 Å². The van der Waals surface area contributed by atoms with E-state index in [0.717, 1.165) is 45.1 Å². The lowest BCUT2D eigenvalue weighted by molar-refractivity contribution is -0.149. The van der Waals surface area contributed by atoms with E-state index in [2.05, 4.69) is 75.7 Å². The van der Waals surface area contributed by atoms with Crippen LogP contribution >= 0.6 is 0 Å². The number of allylic oxidation sites excluding steroid dienone is 7. The van der Waals surface area contributed by atoms with Gasteiger partial charge in [0, 0.05) is 0 Å². The average Bonchev–Trinajstić information content (AvgIpc) is 3.03. The smallest absolute Gasteiger partial charge is 0.308 e. The van der Waals surface area contributed by atoms with Crippen LogP contribution in [-0.2, 0) is 9.53 Å². The summed E-state index contributed by atoms with van der Waals surface area (Å²) in [4.78, 5) is 12.2. The largest absolute Gasteiger partial charge is 0.465 e. The molecule has 0 heterocycles. The van der Waals surface area contributed by atoms with Gasteiger partial charge in [0.25, 0.3) is 0 Å². The highest BCUT2D eigenvalue weighted by atomic mass is 16.5. The molecular formula is C41H75NO2. The van der Waals surface area contributed by atoms with Crippen LogP contribution in [0, 0.1) is 5.92 Å². The summed E-state index contributed by atoms with van der Waals surface area (Å²) in [6.07, 6.45) is 47.0. The first-order valence-electron chi connectivity index (χ1n) is 19.1. The normalized spacial score (nSPS) is 13.1. The summed E-state index contributed by atoms with van der Waals surface area (Å²) in [5.41, 5.74) is 1.67. The molecule has 44 heavy (non-hydrogen) atoms. The number of rotatable bonds is 33. The van der Waals surface area contributed by atoms with E-state index >= 15 is 0 Å². The van der Waals surface area contributed by atoms with E-state index in [1.54, 1.807) is 5.57 Å². The summed E-state index contributed by atoms with van der Waals surface area (Å²) < 4.78 is 5.54. The van der Waals surface area contributed by atoms with Crippen molar-refractivity contribution in [1.29, 1.82) is 0 Å². The van der Waals surface area contributed by atoms with Crippen LogP contribution < -0.4 is 5.32 Å². The van der Waals surface area contributed by atoms with Crippen molar-refractivity contribution in [3.63, 3.8) is 0 Å². The summed E-state index contributed by atoms with van der Waals surface area (Å²) in [5, 5.41) is 3.34. The molecule has 0 aliphatic rings. The second-order valence-corrected chi connectivity index (χ2v) is 12.8. The van der Waals surface area contributed by atoms with E-state index in [1.165, 1.54) is 122 Å². The van der Waals surface area contributed by atoms with Gasteiger partial charge < -0.3 is 10.1 Å². The molecule has 0 saturated carbocycles. The van der Waals surface area contributed by atoms with Gasteiger partial charge in [-0.05, 0) is 90.6 Å². The lowest BCUT2D eigenvalue weighted by Gasteiger charge is -2.13. The van der Waals surface area contributed by atoms with Crippen LogP contribution in [0.3, 0.4) is 0 Å². The molecule has 0 saturated heterocycles. The first-order chi connectivity index (χ1) is 21.7. The molecule has 0 aromatic carbocycles. The molecule has 3 nitrogen and oxygen atoms in total. The summed E-state index contributed by atoms with van der Waals surface area (Å²) in [5.74, 6) is 0.138. The van der Waals surface area contributed by atoms with Gasteiger partial charge in [-0.25, -0.2) is 0 Å². The van der Waals surface area contributed by atoms with Gasteiger partial charge in [0.05, 0.1) is 12.5 Å². The highest BCUT2D eigenvalue weighted by Crippen LogP contribution is 2.18. The predicted molar refractivity (Wildman–Crippen MR) is 196 cm³/mol. The zero-order valence-corrected chi connectivity index (χ0v) is 30.0. The lowest BCUT2D eigenvalue weighted by atomic mass is 10.00. The Morgan fingerprint density at radius 2 is 1.25 bits per heavy atom. The second-order valence-electron chi connectivity index (χ2n) is 12.8. The standard InChI is InChI=1S/C41H75NO2/c1-5-8-10-11-12-13-14-15-16-17-18-19-20-21-22-24-27-30-33-39(36-37-42-4)34-31-28-25-23-26-29-32-38-44-41(43)40(7-3)35-9-6-2/h11-14,16-17,33,40,42H,5-10,15,18-32,34-38H2,1-4H3/b12-11+,14-13-,17-16-,39-33+. The third-order valence-corrected chi connectivity index (χ3v) is 8.62. The summed E-state index contributed by atoms with van der Waals surface area (Å²) >= 11 is 0. The van der Waals surface area contributed by atoms with Gasteiger partial charge in [0.15, 0.2) is 0 Å². The molecule has 0 bridgehead atoms. The number of hydrogen-bond acceptors (Lipinski definition) is 3. The maximum absolute atomic E-state index is 12.2. The van der Waals surface area contributed by atoms with Gasteiger partial charge in [-0.15, -0.1) is 0 Å². The monoisotopic (exact) mass is 614 g/mol. The summed E-state index contributed by atoms with van der Waals surface area (Å²) in [6, 6.07) is 0. The number of carbonyl (C=O) groups is 1. The van der Waals surface area contributed by atoms with E-state index in [9.17, 15) is 4.79 Å². The van der Waals surface area contributed by atoms with Crippen molar-refractivity contribution < 1.29 is 9.53 Å². The van der Waals surface area contributed by atoms with Crippen molar-refractivity contribution in [3.8, 4) is 0 Å². The molecule has 1 N–H and O–H groups in total. The fourth-order valence-electron chi connectivity index (χ4n) is 5.55. The summed E-state index contributed by atoms with van der Waals surface area (Å²) in [6.45, 7) is 8.21. The quantitative estimate of drug-likeness (QED) is 0.0346. The molecule has 0 spiro atoms. The van der Waals surface area contributed by atoms with Crippen LogP contribution in [0.2, 0.25) is 0 Å². The minimum atomic E-state index is 0.0304. The van der Waals surface area contributed by atoms with Crippen molar-refractivity contribution in [2.45, 2.75) is 181 Å². The van der Waals surface area contributed by atoms with Crippen molar-refractivity contribution in [1.82, 2.24) is 5.32 Å². The van der Waals surface area contributed by atoms with E-state index in [1.807, 2.05) is 0 Å². The van der Waals surface area contributed by atoms with E-state index in [-0.39, 0.29) is 11.9 Å². The molecule has 0 amide bonds. The Kier molecular flexibility index (Phi) is 34.6. The Morgan fingerprint density at radius 3 is 1.93 bits per heavy atom. The Bertz CT molecular complexity index is 720. The maximum atomic E-state index is 12.2. The highest BCUT2D eigenvalue weighted by molar-refractivity contribution is 5.72. The van der Waals surface area contributed by atoms with Crippen molar-refractivity contribution in [3.05, 3.63) is 48.1 Å². The predicted octanol–water partition coefficient (Wildman–Crippen LogP) is 12.8. The molecule has 0 rings (SSSR count). The Labute approximate surface area is 275 Å². The Morgan fingerprint density at radius 1 is 0.636 bits per heavy atom. The lowest BCUT2D eigenvalue weighted by Crippen LogP contribution is -2.17. The first-order valence-corrected chi connectivity index (χ1v) is 19.1. The van der Waals surface area contributed by atoms with Gasteiger partial charge in [-0.2, -0.15) is 0 Å². The minimum Gasteiger partial charge on any atom is -0.465 e. The Balaban J connectivity index is 3.76. The van der Waals surface area contributed by atoms with E-state index < -0.39 is 0 Å². The van der Waals surface area contributed by atoms with Crippen LogP contribution in [0.15, 0.2) is 48.1 Å². The second kappa shape index (κ2) is 35.9. The minimum absolute atomic E-state index is 0.0304. The molecule has 0 radical (unpaired) electrons. The molecule has 1 atom stereocenters. The van der Waals surface area contributed by atoms with Gasteiger partial charge in [-0.3, -0.25) is 4.79 Å². The third-order valence-electron chi connectivity index (χ3n) is 8.62. The summed E-state index contributed by atoms with van der Waals surface area (Å²) in [7, 11) is 2.06. The molecule has 0 aromatic heterocycles. The number of ether oxygens (including phenoxy) is 1. The number of unbranched alkanes of at least 4 members (excludes halogenated alkanes) is 16. The molecule has 0 aliphatic carbocycles. The molecule has 0 aliphatic heterocycles. The first kappa shape index (κ1) is 42.4. The zero-order valence-electron chi connectivity index (χ0n) is 30.0.